The van der Waals surface area contributed by atoms with Gasteiger partial charge < -0.3 is 9.14 Å². The number of ether oxygens (including phenoxy) is 1. The molecule has 2 heterocycles. The van der Waals surface area contributed by atoms with Crippen molar-refractivity contribution in [3.05, 3.63) is 35.4 Å². The summed E-state index contributed by atoms with van der Waals surface area (Å²) in [6, 6.07) is 3.42. The first-order chi connectivity index (χ1) is 7.58. The van der Waals surface area contributed by atoms with Crippen molar-refractivity contribution in [2.75, 3.05) is 0 Å². The SMILES string of the molecule is CC(C)OC(=O)c1ccc2c(Cl)ncn2c1. The van der Waals surface area contributed by atoms with Gasteiger partial charge >= 0.3 is 5.97 Å². The molecule has 0 fully saturated rings. The van der Waals surface area contributed by atoms with Crippen molar-refractivity contribution in [2.45, 2.75) is 20.0 Å². The lowest BCUT2D eigenvalue weighted by atomic mass is 10.2. The number of nitrogens with zero attached hydrogens (tertiary/aromatic N) is 2. The molecule has 2 aromatic rings. The number of imidazole rings is 1. The third kappa shape index (κ3) is 2.02. The number of esters is 1. The molecule has 0 atom stereocenters. The summed E-state index contributed by atoms with van der Waals surface area (Å²) in [5, 5.41) is 0.420. The van der Waals surface area contributed by atoms with E-state index in [0.717, 1.165) is 5.52 Å². The van der Waals surface area contributed by atoms with E-state index in [1.54, 1.807) is 29.1 Å². The molecule has 0 aliphatic rings. The van der Waals surface area contributed by atoms with Gasteiger partial charge in [-0.25, -0.2) is 9.78 Å². The van der Waals surface area contributed by atoms with Gasteiger partial charge in [0.15, 0.2) is 5.15 Å². The van der Waals surface area contributed by atoms with Crippen LogP contribution in [0.2, 0.25) is 5.15 Å². The zero-order valence-corrected chi connectivity index (χ0v) is 9.73. The maximum absolute atomic E-state index is 11.6. The van der Waals surface area contributed by atoms with Gasteiger partial charge in [0.05, 0.1) is 17.2 Å². The number of hydrogen-bond acceptors (Lipinski definition) is 3. The Hall–Kier alpha value is -1.55. The summed E-state index contributed by atoms with van der Waals surface area (Å²) in [6.07, 6.45) is 3.08. The fraction of sp³-hybridized carbons (Fsp3) is 0.273. The topological polar surface area (TPSA) is 43.6 Å². The number of halogens is 1. The molecule has 4 nitrogen and oxygen atoms in total. The van der Waals surface area contributed by atoms with E-state index in [4.69, 9.17) is 16.3 Å². The van der Waals surface area contributed by atoms with Crippen LogP contribution in [0.5, 0.6) is 0 Å². The van der Waals surface area contributed by atoms with Crippen LogP contribution in [-0.2, 0) is 4.74 Å². The molecule has 0 amide bonds. The molecule has 0 radical (unpaired) electrons. The summed E-state index contributed by atoms with van der Waals surface area (Å²) in [7, 11) is 0. The molecule has 0 N–H and O–H groups in total. The first kappa shape index (κ1) is 11.0. The van der Waals surface area contributed by atoms with E-state index < -0.39 is 0 Å². The van der Waals surface area contributed by atoms with E-state index in [9.17, 15) is 4.79 Å². The summed E-state index contributed by atoms with van der Waals surface area (Å²) in [5.41, 5.74) is 1.25. The second kappa shape index (κ2) is 4.14. The van der Waals surface area contributed by atoms with E-state index in [1.807, 2.05) is 13.8 Å². The quantitative estimate of drug-likeness (QED) is 0.756. The fourth-order valence-electron chi connectivity index (χ4n) is 1.37. The summed E-state index contributed by atoms with van der Waals surface area (Å²) >= 11 is 5.84. The monoisotopic (exact) mass is 238 g/mol. The van der Waals surface area contributed by atoms with Crippen molar-refractivity contribution >= 4 is 23.1 Å². The van der Waals surface area contributed by atoms with Crippen molar-refractivity contribution < 1.29 is 9.53 Å². The number of fused-ring (bicyclic) bond motifs is 1. The molecule has 84 valence electrons. The second-order valence-corrected chi connectivity index (χ2v) is 4.06. The molecule has 0 spiro atoms. The molecular formula is C11H11ClN2O2. The third-order valence-electron chi connectivity index (χ3n) is 2.06. The lowest BCUT2D eigenvalue weighted by Gasteiger charge is -2.07. The minimum absolute atomic E-state index is 0.130. The molecule has 0 bridgehead atoms. The molecule has 0 saturated heterocycles. The van der Waals surface area contributed by atoms with Gasteiger partial charge in [-0.1, -0.05) is 11.6 Å². The van der Waals surface area contributed by atoms with Crippen LogP contribution in [0.25, 0.3) is 5.52 Å². The van der Waals surface area contributed by atoms with E-state index in [-0.39, 0.29) is 12.1 Å². The molecule has 0 unspecified atom stereocenters. The van der Waals surface area contributed by atoms with Gasteiger partial charge in [-0.3, -0.25) is 0 Å². The van der Waals surface area contributed by atoms with Crippen molar-refractivity contribution in [1.29, 1.82) is 0 Å². The Morgan fingerprint density at radius 2 is 2.25 bits per heavy atom. The van der Waals surface area contributed by atoms with Crippen LogP contribution >= 0.6 is 11.6 Å². The second-order valence-electron chi connectivity index (χ2n) is 3.70. The zero-order chi connectivity index (χ0) is 11.7. The average molecular weight is 239 g/mol. The Morgan fingerprint density at radius 3 is 2.94 bits per heavy atom. The van der Waals surface area contributed by atoms with Gasteiger partial charge in [0.25, 0.3) is 0 Å². The van der Waals surface area contributed by atoms with Crippen molar-refractivity contribution in [3.8, 4) is 0 Å². The minimum atomic E-state index is -0.346. The fourth-order valence-corrected chi connectivity index (χ4v) is 1.57. The number of hydrogen-bond donors (Lipinski definition) is 0. The third-order valence-corrected chi connectivity index (χ3v) is 2.35. The molecule has 0 aromatic carbocycles. The maximum Gasteiger partial charge on any atom is 0.339 e. The highest BCUT2D eigenvalue weighted by atomic mass is 35.5. The van der Waals surface area contributed by atoms with Crippen molar-refractivity contribution in [3.63, 3.8) is 0 Å². The van der Waals surface area contributed by atoms with Gasteiger partial charge in [0.2, 0.25) is 0 Å². The van der Waals surface area contributed by atoms with Crippen LogP contribution in [0.15, 0.2) is 24.7 Å². The minimum Gasteiger partial charge on any atom is -0.459 e. The first-order valence-corrected chi connectivity index (χ1v) is 5.29. The van der Waals surface area contributed by atoms with Crippen molar-refractivity contribution in [1.82, 2.24) is 9.38 Å². The van der Waals surface area contributed by atoms with E-state index in [2.05, 4.69) is 4.98 Å². The molecule has 16 heavy (non-hydrogen) atoms. The van der Waals surface area contributed by atoms with E-state index >= 15 is 0 Å². The zero-order valence-electron chi connectivity index (χ0n) is 8.98. The largest absolute Gasteiger partial charge is 0.459 e. The molecule has 2 aromatic heterocycles. The Balaban J connectivity index is 2.36. The highest BCUT2D eigenvalue weighted by molar-refractivity contribution is 6.32. The van der Waals surface area contributed by atoms with E-state index in [1.165, 1.54) is 0 Å². The van der Waals surface area contributed by atoms with Crippen LogP contribution in [-0.4, -0.2) is 21.5 Å². The predicted molar refractivity (Wildman–Crippen MR) is 60.8 cm³/mol. The molecule has 5 heteroatoms. The predicted octanol–water partition coefficient (Wildman–Crippen LogP) is 2.55. The lowest BCUT2D eigenvalue weighted by Crippen LogP contribution is -2.12. The number of pyridine rings is 1. The maximum atomic E-state index is 11.6. The Bertz CT molecular complexity index is 534. The summed E-state index contributed by atoms with van der Waals surface area (Å²) in [5.74, 6) is -0.346. The Kier molecular flexibility index (Phi) is 2.83. The average Bonchev–Trinajstić information content (AvgIpc) is 2.59. The number of rotatable bonds is 2. The smallest absolute Gasteiger partial charge is 0.339 e. The molecular weight excluding hydrogens is 228 g/mol. The summed E-state index contributed by atoms with van der Waals surface area (Å²) in [4.78, 5) is 15.6. The molecule has 0 aliphatic heterocycles. The first-order valence-electron chi connectivity index (χ1n) is 4.91. The Morgan fingerprint density at radius 1 is 1.50 bits per heavy atom. The van der Waals surface area contributed by atoms with Gasteiger partial charge in [0.1, 0.15) is 6.33 Å². The van der Waals surface area contributed by atoms with Gasteiger partial charge in [0, 0.05) is 6.20 Å². The van der Waals surface area contributed by atoms with Gasteiger partial charge in [-0.15, -0.1) is 0 Å². The molecule has 0 saturated carbocycles. The lowest BCUT2D eigenvalue weighted by molar-refractivity contribution is 0.0377. The number of carbonyl (C=O) groups is 1. The van der Waals surface area contributed by atoms with Gasteiger partial charge in [-0.2, -0.15) is 0 Å². The Labute approximate surface area is 97.8 Å². The normalized spacial score (nSPS) is 11.0. The van der Waals surface area contributed by atoms with Crippen LogP contribution in [0.4, 0.5) is 0 Å². The van der Waals surface area contributed by atoms with E-state index in [0.29, 0.717) is 10.7 Å². The number of carbonyl (C=O) groups excluding carboxylic acids is 1. The standard InChI is InChI=1S/C11H11ClN2O2/c1-7(2)16-11(15)8-3-4-9-10(12)13-6-14(9)5-8/h3-7H,1-2H3. The van der Waals surface area contributed by atoms with Crippen LogP contribution in [0, 0.1) is 0 Å². The molecule has 2 rings (SSSR count). The summed E-state index contributed by atoms with van der Waals surface area (Å²) < 4.78 is 6.78. The highest BCUT2D eigenvalue weighted by Crippen LogP contribution is 2.16. The highest BCUT2D eigenvalue weighted by Gasteiger charge is 2.10. The van der Waals surface area contributed by atoms with Crippen LogP contribution in [0.1, 0.15) is 24.2 Å². The summed E-state index contributed by atoms with van der Waals surface area (Å²) in [6.45, 7) is 3.62. The molecule has 0 aliphatic carbocycles. The van der Waals surface area contributed by atoms with Crippen LogP contribution in [0.3, 0.4) is 0 Å². The number of aromatic nitrogens is 2. The van der Waals surface area contributed by atoms with Gasteiger partial charge in [-0.05, 0) is 26.0 Å². The van der Waals surface area contributed by atoms with Crippen molar-refractivity contribution in [2.24, 2.45) is 0 Å². The van der Waals surface area contributed by atoms with Crippen LogP contribution < -0.4 is 0 Å².